The van der Waals surface area contributed by atoms with Gasteiger partial charge in [-0.05, 0) is 29.7 Å². The van der Waals surface area contributed by atoms with Gasteiger partial charge >= 0.3 is 5.97 Å². The molecule has 0 aromatic carbocycles. The Morgan fingerprint density at radius 3 is 2.43 bits per heavy atom. The molecule has 4 nitrogen and oxygen atoms in total. The number of carbonyl (C=O) groups is 1. The first-order valence-electron chi connectivity index (χ1n) is 7.61. The van der Waals surface area contributed by atoms with Gasteiger partial charge in [0.2, 0.25) is 0 Å². The van der Waals surface area contributed by atoms with Gasteiger partial charge in [-0.1, -0.05) is 32.9 Å². The molecule has 0 aromatic heterocycles. The van der Waals surface area contributed by atoms with Gasteiger partial charge in [-0.2, -0.15) is 0 Å². The van der Waals surface area contributed by atoms with E-state index < -0.39 is 11.8 Å². The normalized spacial score (nSPS) is 31.9. The Bertz CT molecular complexity index is 455. The van der Waals surface area contributed by atoms with Crippen LogP contribution in [0.4, 0.5) is 0 Å². The standard InChI is InChI=1S/C17H26O4/c1-12(9-15(18)19)5-6-14-13(2)10-17(11-16(14,3)4)20-7-8-21-17/h5-6,9,13-14H,7-8,10-11H2,1-4H3,(H,18,19)/b6-5+,12-9+. The van der Waals surface area contributed by atoms with E-state index in [2.05, 4.69) is 26.8 Å². The molecule has 1 saturated heterocycles. The minimum atomic E-state index is -0.903. The summed E-state index contributed by atoms with van der Waals surface area (Å²) in [5, 5.41) is 8.77. The lowest BCUT2D eigenvalue weighted by atomic mass is 9.62. The number of aliphatic carboxylic acids is 1. The molecule has 0 bridgehead atoms. The summed E-state index contributed by atoms with van der Waals surface area (Å²) in [6.45, 7) is 9.88. The van der Waals surface area contributed by atoms with Crippen LogP contribution in [0.5, 0.6) is 0 Å². The zero-order valence-electron chi connectivity index (χ0n) is 13.4. The third-order valence-electron chi connectivity index (χ3n) is 4.60. The Morgan fingerprint density at radius 2 is 1.90 bits per heavy atom. The van der Waals surface area contributed by atoms with Gasteiger partial charge in [0, 0.05) is 18.9 Å². The average molecular weight is 294 g/mol. The topological polar surface area (TPSA) is 55.8 Å². The first-order chi connectivity index (χ1) is 9.74. The van der Waals surface area contributed by atoms with Crippen molar-refractivity contribution in [1.29, 1.82) is 0 Å². The summed E-state index contributed by atoms with van der Waals surface area (Å²) < 4.78 is 11.8. The number of ether oxygens (including phenoxy) is 2. The van der Waals surface area contributed by atoms with E-state index in [9.17, 15) is 4.79 Å². The lowest BCUT2D eigenvalue weighted by Crippen LogP contribution is -2.47. The van der Waals surface area contributed by atoms with Crippen LogP contribution in [-0.2, 0) is 14.3 Å². The Morgan fingerprint density at radius 1 is 1.29 bits per heavy atom. The molecule has 1 aliphatic carbocycles. The molecule has 1 aliphatic heterocycles. The lowest BCUT2D eigenvalue weighted by Gasteiger charge is -2.49. The molecule has 0 aromatic rings. The highest BCUT2D eigenvalue weighted by Crippen LogP contribution is 2.51. The van der Waals surface area contributed by atoms with Crippen molar-refractivity contribution in [3.8, 4) is 0 Å². The van der Waals surface area contributed by atoms with E-state index in [4.69, 9.17) is 14.6 Å². The summed E-state index contributed by atoms with van der Waals surface area (Å²) in [6.07, 6.45) is 7.09. The molecule has 4 heteroatoms. The third-order valence-corrected chi connectivity index (χ3v) is 4.60. The smallest absolute Gasteiger partial charge is 0.328 e. The second-order valence-corrected chi connectivity index (χ2v) is 7.07. The number of allylic oxidation sites excluding steroid dienone is 3. The quantitative estimate of drug-likeness (QED) is 0.640. The fraction of sp³-hybridized carbons (Fsp3) is 0.706. The predicted octanol–water partition coefficient (Wildman–Crippen LogP) is 3.39. The highest BCUT2D eigenvalue weighted by molar-refractivity contribution is 5.81. The van der Waals surface area contributed by atoms with Crippen molar-refractivity contribution in [2.24, 2.45) is 17.3 Å². The number of hydrogen-bond acceptors (Lipinski definition) is 3. The Balaban J connectivity index is 2.13. The number of rotatable bonds is 3. The Labute approximate surface area is 126 Å². The van der Waals surface area contributed by atoms with Crippen molar-refractivity contribution < 1.29 is 19.4 Å². The molecular formula is C17H26O4. The van der Waals surface area contributed by atoms with E-state index >= 15 is 0 Å². The summed E-state index contributed by atoms with van der Waals surface area (Å²) in [4.78, 5) is 10.7. The number of carboxylic acid groups (broad SMARTS) is 1. The molecular weight excluding hydrogens is 268 g/mol. The van der Waals surface area contributed by atoms with Crippen LogP contribution < -0.4 is 0 Å². The van der Waals surface area contributed by atoms with Crippen molar-refractivity contribution in [3.05, 3.63) is 23.8 Å². The maximum absolute atomic E-state index is 10.7. The Kier molecular flexibility index (Phi) is 4.59. The fourth-order valence-corrected chi connectivity index (χ4v) is 3.94. The van der Waals surface area contributed by atoms with E-state index in [1.54, 1.807) is 0 Å². The highest BCUT2D eigenvalue weighted by atomic mass is 16.7. The second-order valence-electron chi connectivity index (χ2n) is 7.07. The molecule has 21 heavy (non-hydrogen) atoms. The molecule has 1 spiro atoms. The first-order valence-corrected chi connectivity index (χ1v) is 7.61. The van der Waals surface area contributed by atoms with Crippen LogP contribution in [0.3, 0.4) is 0 Å². The zero-order valence-corrected chi connectivity index (χ0v) is 13.4. The van der Waals surface area contributed by atoms with E-state index in [1.165, 1.54) is 6.08 Å². The maximum Gasteiger partial charge on any atom is 0.328 e. The van der Waals surface area contributed by atoms with E-state index in [-0.39, 0.29) is 5.41 Å². The van der Waals surface area contributed by atoms with Gasteiger partial charge in [-0.3, -0.25) is 0 Å². The molecule has 1 N–H and O–H groups in total. The van der Waals surface area contributed by atoms with Crippen molar-refractivity contribution in [3.63, 3.8) is 0 Å². The summed E-state index contributed by atoms with van der Waals surface area (Å²) >= 11 is 0. The largest absolute Gasteiger partial charge is 0.478 e. The fourth-order valence-electron chi connectivity index (χ4n) is 3.94. The van der Waals surface area contributed by atoms with Gasteiger partial charge in [0.1, 0.15) is 0 Å². The molecule has 2 atom stereocenters. The number of carboxylic acids is 1. The van der Waals surface area contributed by atoms with Crippen LogP contribution in [0.1, 0.15) is 40.5 Å². The second kappa shape index (κ2) is 5.93. The van der Waals surface area contributed by atoms with Crippen LogP contribution in [0.15, 0.2) is 23.8 Å². The molecule has 1 heterocycles. The highest BCUT2D eigenvalue weighted by Gasteiger charge is 2.50. The maximum atomic E-state index is 10.7. The SMILES string of the molecule is CC(/C=C/C1C(C)CC2(CC1(C)C)OCCO2)=C\C(=O)O. The summed E-state index contributed by atoms with van der Waals surface area (Å²) in [6, 6.07) is 0. The van der Waals surface area contributed by atoms with Gasteiger partial charge in [-0.25, -0.2) is 4.79 Å². The molecule has 2 rings (SSSR count). The van der Waals surface area contributed by atoms with Crippen molar-refractivity contribution in [2.75, 3.05) is 13.2 Å². The molecule has 1 saturated carbocycles. The van der Waals surface area contributed by atoms with Crippen molar-refractivity contribution in [1.82, 2.24) is 0 Å². The molecule has 2 unspecified atom stereocenters. The summed E-state index contributed by atoms with van der Waals surface area (Å²) in [7, 11) is 0. The van der Waals surface area contributed by atoms with E-state index in [1.807, 2.05) is 13.0 Å². The summed E-state index contributed by atoms with van der Waals surface area (Å²) in [5.41, 5.74) is 0.821. The first kappa shape index (κ1) is 16.2. The molecule has 2 fully saturated rings. The van der Waals surface area contributed by atoms with Crippen LogP contribution in [0.25, 0.3) is 0 Å². The monoisotopic (exact) mass is 294 g/mol. The van der Waals surface area contributed by atoms with Gasteiger partial charge in [0.05, 0.1) is 13.2 Å². The van der Waals surface area contributed by atoms with Crippen LogP contribution in [-0.4, -0.2) is 30.1 Å². The van der Waals surface area contributed by atoms with Gasteiger partial charge in [0.25, 0.3) is 0 Å². The van der Waals surface area contributed by atoms with Gasteiger partial charge in [0.15, 0.2) is 5.79 Å². The minimum Gasteiger partial charge on any atom is -0.478 e. The number of hydrogen-bond donors (Lipinski definition) is 1. The average Bonchev–Trinajstić information content (AvgIpc) is 2.73. The van der Waals surface area contributed by atoms with Crippen LogP contribution in [0.2, 0.25) is 0 Å². The van der Waals surface area contributed by atoms with E-state index in [0.717, 1.165) is 18.4 Å². The summed E-state index contributed by atoms with van der Waals surface area (Å²) in [5.74, 6) is -0.493. The van der Waals surface area contributed by atoms with Crippen molar-refractivity contribution >= 4 is 5.97 Å². The minimum absolute atomic E-state index is 0.0575. The predicted molar refractivity (Wildman–Crippen MR) is 80.8 cm³/mol. The zero-order chi connectivity index (χ0) is 15.7. The van der Waals surface area contributed by atoms with Gasteiger partial charge < -0.3 is 14.6 Å². The van der Waals surface area contributed by atoms with Crippen LogP contribution in [0, 0.1) is 17.3 Å². The molecule has 2 aliphatic rings. The Hall–Kier alpha value is -1.13. The lowest BCUT2D eigenvalue weighted by molar-refractivity contribution is -0.216. The molecule has 118 valence electrons. The molecule has 0 radical (unpaired) electrons. The van der Waals surface area contributed by atoms with E-state index in [0.29, 0.717) is 25.0 Å². The van der Waals surface area contributed by atoms with Gasteiger partial charge in [-0.15, -0.1) is 0 Å². The molecule has 0 amide bonds. The van der Waals surface area contributed by atoms with Crippen LogP contribution >= 0.6 is 0 Å². The van der Waals surface area contributed by atoms with Crippen molar-refractivity contribution in [2.45, 2.75) is 46.3 Å². The third kappa shape index (κ3) is 3.74.